The zero-order valence-corrected chi connectivity index (χ0v) is 18.5. The third-order valence-corrected chi connectivity index (χ3v) is 4.00. The molecule has 2 N–H and O–H groups in total. The zero-order valence-electron chi connectivity index (χ0n) is 18.5. The minimum atomic E-state index is -8.67. The molecule has 3 unspecified atom stereocenters. The molecule has 0 radical (unpaired) electrons. The molecule has 0 rings (SSSR count). The van der Waals surface area contributed by atoms with Gasteiger partial charge in [0, 0.05) is 6.54 Å². The molecule has 0 aromatic heterocycles. The molecule has 0 saturated heterocycles. The summed E-state index contributed by atoms with van der Waals surface area (Å²) in [6.45, 7) is -5.33. The van der Waals surface area contributed by atoms with Crippen molar-refractivity contribution in [2.45, 2.75) is 66.5 Å². The first-order valence-corrected chi connectivity index (χ1v) is 9.16. The van der Waals surface area contributed by atoms with Crippen LogP contribution in [0.2, 0.25) is 0 Å². The molecule has 0 aromatic carbocycles. The van der Waals surface area contributed by atoms with E-state index in [0.717, 1.165) is 4.74 Å². The maximum absolute atomic E-state index is 14.3. The van der Waals surface area contributed by atoms with Crippen molar-refractivity contribution in [2.24, 2.45) is 5.73 Å². The Morgan fingerprint density at radius 3 is 1.02 bits per heavy atom. The summed E-state index contributed by atoms with van der Waals surface area (Å²) < 4.78 is 309. The highest BCUT2D eigenvalue weighted by Crippen LogP contribution is 2.59. The van der Waals surface area contributed by atoms with Gasteiger partial charge < -0.3 is 10.5 Å². The normalized spacial score (nSPS) is 19.7. The summed E-state index contributed by atoms with van der Waals surface area (Å²) in [5.41, 5.74) is 4.63. The summed E-state index contributed by atoms with van der Waals surface area (Å²) in [7, 11) is 0. The van der Waals surface area contributed by atoms with Gasteiger partial charge in [0.2, 0.25) is 0 Å². The molecular formula is C14H8F23NO4. The van der Waals surface area contributed by atoms with E-state index < -0.39 is 86.3 Å². The average molecular weight is 691 g/mol. The van der Waals surface area contributed by atoms with Crippen molar-refractivity contribution < 1.29 is 120 Å². The molecule has 42 heavy (non-hydrogen) atoms. The molecule has 0 fully saturated rings. The Labute approximate surface area is 213 Å². The predicted octanol–water partition coefficient (Wildman–Crippen LogP) is 6.67. The van der Waals surface area contributed by atoms with Crippen molar-refractivity contribution >= 4 is 0 Å². The summed E-state index contributed by atoms with van der Waals surface area (Å²) in [6.07, 6.45) is -56.7. The molecule has 28 heteroatoms. The number of hydrogen-bond donors (Lipinski definition) is 1. The second-order valence-electron chi connectivity index (χ2n) is 7.18. The Kier molecular flexibility index (Phi) is 10.8. The summed E-state index contributed by atoms with van der Waals surface area (Å²) in [6, 6.07) is 0. The summed E-state index contributed by atoms with van der Waals surface area (Å²) in [5.74, 6) is -31.7. The van der Waals surface area contributed by atoms with E-state index in [2.05, 4.69) is 10.5 Å². The van der Waals surface area contributed by atoms with Crippen LogP contribution in [0.4, 0.5) is 101 Å². The third-order valence-electron chi connectivity index (χ3n) is 4.00. The van der Waals surface area contributed by atoms with Crippen LogP contribution in [0.25, 0.3) is 0 Å². The molecule has 254 valence electrons. The highest BCUT2D eigenvalue weighted by Gasteiger charge is 2.88. The number of hydrogen-bond acceptors (Lipinski definition) is 5. The van der Waals surface area contributed by atoms with Gasteiger partial charge >= 0.3 is 66.5 Å². The van der Waals surface area contributed by atoms with Gasteiger partial charge in [0.25, 0.3) is 0 Å². The van der Waals surface area contributed by atoms with Crippen LogP contribution >= 0.6 is 0 Å². The fourth-order valence-corrected chi connectivity index (χ4v) is 1.94. The number of rotatable bonds is 13. The van der Waals surface area contributed by atoms with Crippen LogP contribution in [0.3, 0.4) is 0 Å². The van der Waals surface area contributed by atoms with Gasteiger partial charge in [-0.25, -0.2) is 0 Å². The Hall–Kier alpha value is -1.81. The van der Waals surface area contributed by atoms with Gasteiger partial charge in [0.1, 0.15) is 6.61 Å². The smallest absolute Gasteiger partial charge is 0.374 e. The molecule has 0 aliphatic rings. The largest absolute Gasteiger partial charge is 0.462 e. The standard InChI is InChI=1S/C14H8F23NO4/c15-4(8(20,21)22,3-39-2-1-38)40-13(34,35)6(18,10(26,27)28)42-14(36,37)7(19,11(29,30)31)41-12(32,33)5(16,17)9(23,24)25/h1-3,38H2. The molecular weight excluding hydrogens is 683 g/mol. The Morgan fingerprint density at radius 2 is 0.738 bits per heavy atom. The molecule has 0 saturated carbocycles. The van der Waals surface area contributed by atoms with Gasteiger partial charge in [-0.2, -0.15) is 101 Å². The van der Waals surface area contributed by atoms with Gasteiger partial charge in [-0.05, 0) is 0 Å². The van der Waals surface area contributed by atoms with Crippen molar-refractivity contribution in [3.8, 4) is 0 Å². The lowest BCUT2D eigenvalue weighted by atomic mass is 10.2. The lowest BCUT2D eigenvalue weighted by Crippen LogP contribution is -2.70. The molecule has 0 amide bonds. The van der Waals surface area contributed by atoms with Gasteiger partial charge in [-0.3, -0.25) is 14.2 Å². The molecule has 0 heterocycles. The zero-order chi connectivity index (χ0) is 34.4. The van der Waals surface area contributed by atoms with Crippen LogP contribution in [0.5, 0.6) is 0 Å². The lowest BCUT2D eigenvalue weighted by molar-refractivity contribution is -0.580. The van der Waals surface area contributed by atoms with Crippen molar-refractivity contribution in [2.75, 3.05) is 19.8 Å². The van der Waals surface area contributed by atoms with Crippen molar-refractivity contribution in [1.29, 1.82) is 0 Å². The third kappa shape index (κ3) is 7.28. The number of halogens is 23. The van der Waals surface area contributed by atoms with E-state index in [1.807, 2.05) is 4.74 Å². The van der Waals surface area contributed by atoms with Crippen molar-refractivity contribution in [3.63, 3.8) is 0 Å². The maximum atomic E-state index is 14.3. The van der Waals surface area contributed by atoms with Gasteiger partial charge in [0.05, 0.1) is 6.61 Å². The Morgan fingerprint density at radius 1 is 0.405 bits per heavy atom. The molecule has 5 nitrogen and oxygen atoms in total. The highest BCUT2D eigenvalue weighted by atomic mass is 19.4. The van der Waals surface area contributed by atoms with Crippen molar-refractivity contribution in [3.05, 3.63) is 0 Å². The van der Waals surface area contributed by atoms with Crippen molar-refractivity contribution in [1.82, 2.24) is 0 Å². The van der Waals surface area contributed by atoms with E-state index in [4.69, 9.17) is 0 Å². The minimum Gasteiger partial charge on any atom is -0.374 e. The summed E-state index contributed by atoms with van der Waals surface area (Å²) >= 11 is 0. The maximum Gasteiger partial charge on any atom is 0.462 e. The quantitative estimate of drug-likeness (QED) is 0.173. The number of nitrogens with two attached hydrogens (primary N) is 1. The lowest BCUT2D eigenvalue weighted by Gasteiger charge is -2.42. The van der Waals surface area contributed by atoms with Gasteiger partial charge in [0.15, 0.2) is 0 Å². The molecule has 0 aliphatic carbocycles. The first-order chi connectivity index (χ1) is 17.9. The van der Waals surface area contributed by atoms with Crippen LogP contribution in [-0.2, 0) is 18.9 Å². The number of ether oxygens (including phenoxy) is 4. The molecule has 0 aromatic rings. The van der Waals surface area contributed by atoms with Gasteiger partial charge in [-0.1, -0.05) is 0 Å². The second-order valence-corrected chi connectivity index (χ2v) is 7.18. The first-order valence-electron chi connectivity index (χ1n) is 9.16. The van der Waals surface area contributed by atoms with Gasteiger partial charge in [-0.15, -0.1) is 0 Å². The Balaban J connectivity index is 7.14. The van der Waals surface area contributed by atoms with E-state index in [-0.39, 0.29) is 0 Å². The Bertz CT molecular complexity index is 911. The van der Waals surface area contributed by atoms with Crippen LogP contribution in [0.1, 0.15) is 0 Å². The second kappa shape index (κ2) is 11.3. The van der Waals surface area contributed by atoms with E-state index in [1.165, 1.54) is 4.74 Å². The minimum absolute atomic E-state index is 0.927. The molecule has 3 atom stereocenters. The van der Waals surface area contributed by atoms with Crippen LogP contribution in [0, 0.1) is 0 Å². The average Bonchev–Trinajstić information content (AvgIpc) is 2.69. The highest BCUT2D eigenvalue weighted by molar-refractivity contribution is 4.97. The molecule has 0 aliphatic heterocycles. The van der Waals surface area contributed by atoms with Crippen LogP contribution < -0.4 is 5.73 Å². The first kappa shape index (κ1) is 40.2. The van der Waals surface area contributed by atoms with E-state index in [0.29, 0.717) is 0 Å². The fourth-order valence-electron chi connectivity index (χ4n) is 1.94. The fraction of sp³-hybridized carbons (Fsp3) is 1.00. The summed E-state index contributed by atoms with van der Waals surface area (Å²) in [5, 5.41) is 0. The number of alkyl halides is 23. The summed E-state index contributed by atoms with van der Waals surface area (Å²) in [4.78, 5) is 0. The molecule has 0 bridgehead atoms. The topological polar surface area (TPSA) is 62.9 Å². The SMILES string of the molecule is NCCOCC(F)(OC(F)(F)C(F)(OC(F)(F)C(F)(OC(F)(F)C(F)(F)C(F)(F)F)C(F)(F)F)C(F)(F)F)C(F)(F)F. The van der Waals surface area contributed by atoms with E-state index in [9.17, 15) is 101 Å². The van der Waals surface area contributed by atoms with E-state index in [1.54, 1.807) is 0 Å². The van der Waals surface area contributed by atoms with Crippen LogP contribution in [0.15, 0.2) is 0 Å². The monoisotopic (exact) mass is 691 g/mol. The van der Waals surface area contributed by atoms with Crippen LogP contribution in [-0.4, -0.2) is 86.3 Å². The molecule has 0 spiro atoms. The predicted molar refractivity (Wildman–Crippen MR) is 78.7 cm³/mol. The van der Waals surface area contributed by atoms with E-state index >= 15 is 0 Å².